The third-order valence-electron chi connectivity index (χ3n) is 3.06. The zero-order chi connectivity index (χ0) is 15.0. The highest BCUT2D eigenvalue weighted by Crippen LogP contribution is 2.30. The summed E-state index contributed by atoms with van der Waals surface area (Å²) in [5, 5.41) is 6.63. The first-order valence-corrected chi connectivity index (χ1v) is 7.00. The highest BCUT2D eigenvalue weighted by atomic mass is 15.2. The van der Waals surface area contributed by atoms with Gasteiger partial charge < -0.3 is 15.0 Å². The van der Waals surface area contributed by atoms with Gasteiger partial charge in [0.1, 0.15) is 5.82 Å². The Morgan fingerprint density at radius 1 is 1.20 bits per heavy atom. The molecule has 0 bridgehead atoms. The summed E-state index contributed by atoms with van der Waals surface area (Å²) >= 11 is 0. The van der Waals surface area contributed by atoms with Crippen molar-refractivity contribution in [1.82, 2.24) is 14.4 Å². The van der Waals surface area contributed by atoms with E-state index >= 15 is 0 Å². The van der Waals surface area contributed by atoms with E-state index < -0.39 is 0 Å². The van der Waals surface area contributed by atoms with Gasteiger partial charge in [0.05, 0.1) is 6.20 Å². The Hall–Kier alpha value is -1.78. The summed E-state index contributed by atoms with van der Waals surface area (Å²) in [7, 11) is 1.87. The maximum atomic E-state index is 4.60. The van der Waals surface area contributed by atoms with Gasteiger partial charge in [-0.15, -0.1) is 0 Å². The predicted molar refractivity (Wildman–Crippen MR) is 84.3 cm³/mol. The van der Waals surface area contributed by atoms with Gasteiger partial charge in [0, 0.05) is 25.0 Å². The van der Waals surface area contributed by atoms with Crippen LogP contribution in [0, 0.1) is 5.41 Å². The molecule has 0 aliphatic carbocycles. The van der Waals surface area contributed by atoms with Crippen LogP contribution in [0.15, 0.2) is 18.6 Å². The van der Waals surface area contributed by atoms with Crippen molar-refractivity contribution in [3.8, 4) is 0 Å². The molecule has 0 saturated heterocycles. The van der Waals surface area contributed by atoms with Crippen LogP contribution in [-0.2, 0) is 0 Å². The summed E-state index contributed by atoms with van der Waals surface area (Å²) in [6.45, 7) is 11.1. The van der Waals surface area contributed by atoms with Crippen molar-refractivity contribution in [2.45, 2.75) is 46.6 Å². The SMILES string of the molecule is CNc1cn2ccnc2c(NC(C)(C)CC(C)(C)C)n1. The van der Waals surface area contributed by atoms with Crippen LogP contribution in [0.3, 0.4) is 0 Å². The molecule has 0 saturated carbocycles. The molecule has 2 N–H and O–H groups in total. The molecule has 0 aliphatic rings. The zero-order valence-corrected chi connectivity index (χ0v) is 13.3. The lowest BCUT2D eigenvalue weighted by Gasteiger charge is -2.33. The monoisotopic (exact) mass is 275 g/mol. The van der Waals surface area contributed by atoms with Crippen LogP contribution in [0.1, 0.15) is 41.0 Å². The molecule has 0 atom stereocenters. The smallest absolute Gasteiger partial charge is 0.180 e. The lowest BCUT2D eigenvalue weighted by Crippen LogP contribution is -2.36. The average molecular weight is 275 g/mol. The number of anilines is 2. The van der Waals surface area contributed by atoms with E-state index in [2.05, 4.69) is 55.2 Å². The first kappa shape index (κ1) is 14.6. The maximum Gasteiger partial charge on any atom is 0.180 e. The minimum Gasteiger partial charge on any atom is -0.372 e. The summed E-state index contributed by atoms with van der Waals surface area (Å²) in [4.78, 5) is 8.99. The largest absolute Gasteiger partial charge is 0.372 e. The second-order valence-corrected chi connectivity index (χ2v) is 7.13. The van der Waals surface area contributed by atoms with Crippen molar-refractivity contribution >= 4 is 17.3 Å². The quantitative estimate of drug-likeness (QED) is 0.898. The summed E-state index contributed by atoms with van der Waals surface area (Å²) in [5.41, 5.74) is 1.05. The number of aromatic nitrogens is 3. The van der Waals surface area contributed by atoms with Crippen LogP contribution >= 0.6 is 0 Å². The van der Waals surface area contributed by atoms with E-state index in [1.54, 1.807) is 6.20 Å². The first-order valence-electron chi connectivity index (χ1n) is 7.00. The molecule has 110 valence electrons. The van der Waals surface area contributed by atoms with Crippen molar-refractivity contribution in [3.63, 3.8) is 0 Å². The molecular weight excluding hydrogens is 250 g/mol. The average Bonchev–Trinajstić information content (AvgIpc) is 2.72. The topological polar surface area (TPSA) is 54.2 Å². The summed E-state index contributed by atoms with van der Waals surface area (Å²) < 4.78 is 1.98. The van der Waals surface area contributed by atoms with Crippen LogP contribution in [0.5, 0.6) is 0 Å². The number of rotatable bonds is 4. The molecule has 0 spiro atoms. The highest BCUT2D eigenvalue weighted by molar-refractivity contribution is 5.66. The molecule has 2 aromatic rings. The van der Waals surface area contributed by atoms with Gasteiger partial charge >= 0.3 is 0 Å². The molecule has 2 heterocycles. The van der Waals surface area contributed by atoms with E-state index in [-0.39, 0.29) is 11.0 Å². The lowest BCUT2D eigenvalue weighted by atomic mass is 9.82. The van der Waals surface area contributed by atoms with E-state index in [1.165, 1.54) is 0 Å². The van der Waals surface area contributed by atoms with Crippen LogP contribution in [0.4, 0.5) is 11.6 Å². The van der Waals surface area contributed by atoms with Crippen LogP contribution in [-0.4, -0.2) is 27.0 Å². The molecule has 0 aromatic carbocycles. The van der Waals surface area contributed by atoms with Crippen molar-refractivity contribution in [2.24, 2.45) is 5.41 Å². The Kier molecular flexibility index (Phi) is 3.63. The molecule has 5 heteroatoms. The molecule has 5 nitrogen and oxygen atoms in total. The molecule has 2 aromatic heterocycles. The van der Waals surface area contributed by atoms with Gasteiger partial charge in [-0.2, -0.15) is 0 Å². The fraction of sp³-hybridized carbons (Fsp3) is 0.600. The van der Waals surface area contributed by atoms with E-state index in [1.807, 2.05) is 23.8 Å². The van der Waals surface area contributed by atoms with Crippen LogP contribution in [0.25, 0.3) is 5.65 Å². The van der Waals surface area contributed by atoms with Gasteiger partial charge in [-0.05, 0) is 25.7 Å². The number of imidazole rings is 1. The minimum atomic E-state index is -0.0515. The number of nitrogens with one attached hydrogen (secondary N) is 2. The lowest BCUT2D eigenvalue weighted by molar-refractivity contribution is 0.302. The van der Waals surface area contributed by atoms with Crippen molar-refractivity contribution < 1.29 is 0 Å². The number of fused-ring (bicyclic) bond motifs is 1. The molecule has 0 fully saturated rings. The van der Waals surface area contributed by atoms with Gasteiger partial charge in [0.15, 0.2) is 11.5 Å². The summed E-state index contributed by atoms with van der Waals surface area (Å²) in [5.74, 6) is 1.64. The van der Waals surface area contributed by atoms with E-state index in [4.69, 9.17) is 0 Å². The minimum absolute atomic E-state index is 0.0515. The highest BCUT2D eigenvalue weighted by Gasteiger charge is 2.26. The van der Waals surface area contributed by atoms with Crippen LogP contribution < -0.4 is 10.6 Å². The van der Waals surface area contributed by atoms with E-state index in [9.17, 15) is 0 Å². The normalized spacial score (nSPS) is 12.7. The van der Waals surface area contributed by atoms with Gasteiger partial charge in [-0.3, -0.25) is 0 Å². The zero-order valence-electron chi connectivity index (χ0n) is 13.3. The van der Waals surface area contributed by atoms with Gasteiger partial charge in [-0.1, -0.05) is 20.8 Å². The number of hydrogen-bond acceptors (Lipinski definition) is 4. The standard InChI is InChI=1S/C15H25N5/c1-14(2,3)10-15(4,5)19-12-13-17-7-8-20(13)9-11(16-6)18-12/h7-9,16H,10H2,1-6H3,(H,18,19). The second kappa shape index (κ2) is 4.96. The van der Waals surface area contributed by atoms with Crippen molar-refractivity contribution in [3.05, 3.63) is 18.6 Å². The third-order valence-corrected chi connectivity index (χ3v) is 3.06. The molecule has 0 radical (unpaired) electrons. The van der Waals surface area contributed by atoms with Crippen molar-refractivity contribution in [2.75, 3.05) is 17.7 Å². The molecule has 2 rings (SSSR count). The molecule has 0 amide bonds. The Bertz CT molecular complexity index is 592. The third kappa shape index (κ3) is 3.40. The fourth-order valence-electron chi connectivity index (χ4n) is 2.83. The summed E-state index contributed by atoms with van der Waals surface area (Å²) in [6, 6.07) is 0. The molecule has 20 heavy (non-hydrogen) atoms. The van der Waals surface area contributed by atoms with E-state index in [0.717, 1.165) is 23.7 Å². The molecular formula is C15H25N5. The Balaban J connectivity index is 2.35. The molecule has 0 unspecified atom stereocenters. The fourth-order valence-corrected chi connectivity index (χ4v) is 2.83. The second-order valence-electron chi connectivity index (χ2n) is 7.13. The Labute approximate surface area is 120 Å². The van der Waals surface area contributed by atoms with Gasteiger partial charge in [0.2, 0.25) is 0 Å². The first-order chi connectivity index (χ1) is 9.20. The number of hydrogen-bond donors (Lipinski definition) is 2. The number of nitrogens with zero attached hydrogens (tertiary/aromatic N) is 3. The van der Waals surface area contributed by atoms with E-state index in [0.29, 0.717) is 0 Å². The Morgan fingerprint density at radius 3 is 2.50 bits per heavy atom. The van der Waals surface area contributed by atoms with Crippen LogP contribution in [0.2, 0.25) is 0 Å². The Morgan fingerprint density at radius 2 is 1.90 bits per heavy atom. The molecule has 0 aliphatic heterocycles. The predicted octanol–water partition coefficient (Wildman–Crippen LogP) is 3.40. The maximum absolute atomic E-state index is 4.60. The van der Waals surface area contributed by atoms with Gasteiger partial charge in [0.25, 0.3) is 0 Å². The summed E-state index contributed by atoms with van der Waals surface area (Å²) in [6.07, 6.45) is 6.70. The van der Waals surface area contributed by atoms with Crippen molar-refractivity contribution in [1.29, 1.82) is 0 Å². The van der Waals surface area contributed by atoms with Gasteiger partial charge in [-0.25, -0.2) is 9.97 Å².